The van der Waals surface area contributed by atoms with E-state index in [1.54, 1.807) is 0 Å². The Balaban J connectivity index is 1.66. The Hall–Kier alpha value is -2.22. The first-order chi connectivity index (χ1) is 10.6. The molecule has 1 heterocycles. The Morgan fingerprint density at radius 1 is 1.45 bits per heavy atom. The lowest BCUT2D eigenvalue weighted by molar-refractivity contribution is -0.118. The number of nitrogens with zero attached hydrogens (tertiary/aromatic N) is 3. The van der Waals surface area contributed by atoms with E-state index in [1.807, 2.05) is 26.0 Å². The van der Waals surface area contributed by atoms with E-state index < -0.39 is 0 Å². The molecule has 0 aliphatic heterocycles. The molecule has 3 N–H and O–H groups in total. The maximum atomic E-state index is 11.7. The summed E-state index contributed by atoms with van der Waals surface area (Å²) in [7, 11) is 0. The van der Waals surface area contributed by atoms with E-state index in [1.165, 1.54) is 28.3 Å². The van der Waals surface area contributed by atoms with Gasteiger partial charge >= 0.3 is 0 Å². The number of nitrogens with two attached hydrogens (primary N) is 1. The fourth-order valence-corrected chi connectivity index (χ4v) is 2.49. The zero-order chi connectivity index (χ0) is 15.9. The van der Waals surface area contributed by atoms with Crippen LogP contribution in [0.25, 0.3) is 0 Å². The summed E-state index contributed by atoms with van der Waals surface area (Å²) in [6.07, 6.45) is 1.39. The number of aromatic nitrogens is 3. The van der Waals surface area contributed by atoms with E-state index in [0.717, 1.165) is 11.3 Å². The van der Waals surface area contributed by atoms with Crippen LogP contribution in [0.2, 0.25) is 0 Å². The number of rotatable bonds is 7. The second-order valence-corrected chi connectivity index (χ2v) is 5.72. The van der Waals surface area contributed by atoms with Gasteiger partial charge < -0.3 is 15.9 Å². The number of hydrogen-bond acceptors (Lipinski definition) is 6. The lowest BCUT2D eigenvalue weighted by Crippen LogP contribution is -2.29. The van der Waals surface area contributed by atoms with Crippen molar-refractivity contribution in [2.75, 3.05) is 24.7 Å². The van der Waals surface area contributed by atoms with E-state index >= 15 is 0 Å². The molecule has 7 nitrogen and oxygen atoms in total. The molecule has 0 saturated carbocycles. The van der Waals surface area contributed by atoms with E-state index in [4.69, 9.17) is 10.6 Å². The molecule has 0 aliphatic rings. The molecular weight excluding hydrogens is 302 g/mol. The third-order valence-corrected chi connectivity index (χ3v) is 3.84. The molecule has 0 spiro atoms. The Morgan fingerprint density at radius 3 is 2.95 bits per heavy atom. The molecule has 1 aromatic carbocycles. The Bertz CT molecular complexity index is 644. The summed E-state index contributed by atoms with van der Waals surface area (Å²) in [5.41, 5.74) is 2.28. The highest BCUT2D eigenvalue weighted by Crippen LogP contribution is 2.18. The van der Waals surface area contributed by atoms with Crippen LogP contribution >= 0.6 is 11.8 Å². The van der Waals surface area contributed by atoms with Gasteiger partial charge in [0.1, 0.15) is 18.7 Å². The van der Waals surface area contributed by atoms with Crippen LogP contribution in [-0.4, -0.2) is 39.7 Å². The summed E-state index contributed by atoms with van der Waals surface area (Å²) < 4.78 is 6.92. The van der Waals surface area contributed by atoms with Gasteiger partial charge in [-0.25, -0.2) is 4.68 Å². The second-order valence-electron chi connectivity index (χ2n) is 4.78. The third kappa shape index (κ3) is 4.66. The number of carbonyl (C=O) groups is 1. The van der Waals surface area contributed by atoms with Gasteiger partial charge in [0.05, 0.1) is 12.3 Å². The number of nitrogens with one attached hydrogen (secondary N) is 1. The van der Waals surface area contributed by atoms with Gasteiger partial charge in [-0.05, 0) is 25.5 Å². The van der Waals surface area contributed by atoms with Crippen molar-refractivity contribution in [3.8, 4) is 5.75 Å². The van der Waals surface area contributed by atoms with E-state index in [2.05, 4.69) is 21.6 Å². The lowest BCUT2D eigenvalue weighted by atomic mass is 10.1. The summed E-state index contributed by atoms with van der Waals surface area (Å²) in [5, 5.41) is 10.7. The molecule has 118 valence electrons. The van der Waals surface area contributed by atoms with Crippen molar-refractivity contribution in [2.45, 2.75) is 19.0 Å². The summed E-state index contributed by atoms with van der Waals surface area (Å²) in [6, 6.07) is 6.00. The smallest absolute Gasteiger partial charge is 0.230 e. The number of benzene rings is 1. The average Bonchev–Trinajstić information content (AvgIpc) is 2.88. The van der Waals surface area contributed by atoms with Crippen molar-refractivity contribution in [2.24, 2.45) is 0 Å². The summed E-state index contributed by atoms with van der Waals surface area (Å²) in [6.45, 7) is 4.91. The van der Waals surface area contributed by atoms with Crippen LogP contribution in [0, 0.1) is 13.8 Å². The molecule has 22 heavy (non-hydrogen) atoms. The molecule has 8 heteroatoms. The van der Waals surface area contributed by atoms with Crippen molar-refractivity contribution in [3.05, 3.63) is 35.7 Å². The minimum atomic E-state index is -0.0998. The normalized spacial score (nSPS) is 10.5. The van der Waals surface area contributed by atoms with Gasteiger partial charge in [0.15, 0.2) is 0 Å². The molecule has 1 amide bonds. The molecular formula is C14H19N5O2S. The van der Waals surface area contributed by atoms with E-state index in [0.29, 0.717) is 18.3 Å². The first-order valence-corrected chi connectivity index (χ1v) is 7.79. The highest BCUT2D eigenvalue weighted by molar-refractivity contribution is 7.99. The SMILES string of the molecule is Cc1ccc(OCCNC(=O)CSc2nncn2N)c(C)c1. The van der Waals surface area contributed by atoms with Crippen LogP contribution in [-0.2, 0) is 4.79 Å². The second kappa shape index (κ2) is 7.69. The van der Waals surface area contributed by atoms with Crippen LogP contribution in [0.3, 0.4) is 0 Å². The number of amides is 1. The first kappa shape index (κ1) is 16.2. The quantitative estimate of drug-likeness (QED) is 0.447. The van der Waals surface area contributed by atoms with Gasteiger partial charge in [-0.15, -0.1) is 10.2 Å². The molecule has 0 aliphatic carbocycles. The molecule has 0 unspecified atom stereocenters. The summed E-state index contributed by atoms with van der Waals surface area (Å²) in [4.78, 5) is 11.7. The van der Waals surface area contributed by atoms with Crippen molar-refractivity contribution in [1.82, 2.24) is 20.2 Å². The Morgan fingerprint density at radius 2 is 2.27 bits per heavy atom. The Labute approximate surface area is 133 Å². The maximum Gasteiger partial charge on any atom is 0.230 e. The fourth-order valence-electron chi connectivity index (χ4n) is 1.83. The fraction of sp³-hybridized carbons (Fsp3) is 0.357. The topological polar surface area (TPSA) is 95.1 Å². The molecule has 2 rings (SSSR count). The molecule has 1 aromatic heterocycles. The largest absolute Gasteiger partial charge is 0.491 e. The zero-order valence-electron chi connectivity index (χ0n) is 12.6. The zero-order valence-corrected chi connectivity index (χ0v) is 13.4. The average molecular weight is 321 g/mol. The molecule has 0 fully saturated rings. The van der Waals surface area contributed by atoms with Crippen molar-refractivity contribution in [3.63, 3.8) is 0 Å². The highest BCUT2D eigenvalue weighted by Gasteiger charge is 2.07. The van der Waals surface area contributed by atoms with Crippen molar-refractivity contribution >= 4 is 17.7 Å². The van der Waals surface area contributed by atoms with E-state index in [9.17, 15) is 4.79 Å². The predicted octanol–water partition coefficient (Wildman–Crippen LogP) is 0.896. The minimum Gasteiger partial charge on any atom is -0.491 e. The minimum absolute atomic E-state index is 0.0998. The van der Waals surface area contributed by atoms with Crippen molar-refractivity contribution < 1.29 is 9.53 Å². The van der Waals surface area contributed by atoms with Crippen LogP contribution in [0.5, 0.6) is 5.75 Å². The molecule has 2 aromatic rings. The van der Waals surface area contributed by atoms with Gasteiger partial charge in [0.2, 0.25) is 11.1 Å². The summed E-state index contributed by atoms with van der Waals surface area (Å²) in [5.74, 6) is 6.53. The van der Waals surface area contributed by atoms with Crippen molar-refractivity contribution in [1.29, 1.82) is 0 Å². The predicted molar refractivity (Wildman–Crippen MR) is 85.3 cm³/mol. The van der Waals surface area contributed by atoms with Gasteiger partial charge in [-0.2, -0.15) is 0 Å². The number of carbonyl (C=O) groups excluding carboxylic acids is 1. The van der Waals surface area contributed by atoms with Crippen LogP contribution in [0.15, 0.2) is 29.7 Å². The number of nitrogen functional groups attached to an aromatic ring is 1. The van der Waals surface area contributed by atoms with Crippen LogP contribution < -0.4 is 15.9 Å². The number of hydrogen-bond donors (Lipinski definition) is 2. The molecule has 0 bridgehead atoms. The van der Waals surface area contributed by atoms with Crippen LogP contribution in [0.1, 0.15) is 11.1 Å². The van der Waals surface area contributed by atoms with Gasteiger partial charge in [-0.3, -0.25) is 4.79 Å². The maximum absolute atomic E-state index is 11.7. The number of thioether (sulfide) groups is 1. The lowest BCUT2D eigenvalue weighted by Gasteiger charge is -2.10. The van der Waals surface area contributed by atoms with E-state index in [-0.39, 0.29) is 11.7 Å². The monoisotopic (exact) mass is 321 g/mol. The standard InChI is InChI=1S/C14H19N5O2S/c1-10-3-4-12(11(2)7-10)21-6-5-16-13(20)8-22-14-18-17-9-19(14)15/h3-4,7,9H,5-6,8,15H2,1-2H3,(H,16,20). The first-order valence-electron chi connectivity index (χ1n) is 6.81. The Kier molecular flexibility index (Phi) is 5.65. The number of aryl methyl sites for hydroxylation is 2. The number of ether oxygens (including phenoxy) is 1. The third-order valence-electron chi connectivity index (χ3n) is 2.88. The molecule has 0 radical (unpaired) electrons. The van der Waals surface area contributed by atoms with Gasteiger partial charge in [0, 0.05) is 0 Å². The molecule has 0 atom stereocenters. The van der Waals surface area contributed by atoms with Crippen LogP contribution in [0.4, 0.5) is 0 Å². The van der Waals surface area contributed by atoms with Gasteiger partial charge in [0.25, 0.3) is 0 Å². The molecule has 0 saturated heterocycles. The summed E-state index contributed by atoms with van der Waals surface area (Å²) >= 11 is 1.23. The highest BCUT2D eigenvalue weighted by atomic mass is 32.2. The van der Waals surface area contributed by atoms with Gasteiger partial charge in [-0.1, -0.05) is 29.5 Å².